The molecule has 0 saturated carbocycles. The average Bonchev–Trinajstić information content (AvgIpc) is 2.94. The SMILES string of the molecule is Cc1cccc(CSc2nnc(C(C)Oc3cccc(Cl)c3)n2C)c1. The molecule has 4 nitrogen and oxygen atoms in total. The zero-order valence-electron chi connectivity index (χ0n) is 14.4. The number of aromatic nitrogens is 3. The van der Waals surface area contributed by atoms with Gasteiger partial charge in [-0.3, -0.25) is 0 Å². The molecule has 0 radical (unpaired) electrons. The topological polar surface area (TPSA) is 39.9 Å². The molecular weight excluding hydrogens is 354 g/mol. The van der Waals surface area contributed by atoms with Gasteiger partial charge in [0.25, 0.3) is 0 Å². The van der Waals surface area contributed by atoms with Crippen LogP contribution < -0.4 is 4.74 Å². The minimum absolute atomic E-state index is 0.218. The lowest BCUT2D eigenvalue weighted by molar-refractivity contribution is 0.211. The molecule has 0 aliphatic rings. The number of hydrogen-bond donors (Lipinski definition) is 0. The van der Waals surface area contributed by atoms with E-state index in [4.69, 9.17) is 16.3 Å². The van der Waals surface area contributed by atoms with Crippen LogP contribution in [0.4, 0.5) is 0 Å². The number of hydrogen-bond acceptors (Lipinski definition) is 4. The Balaban J connectivity index is 1.67. The van der Waals surface area contributed by atoms with E-state index in [2.05, 4.69) is 41.4 Å². The lowest BCUT2D eigenvalue weighted by Crippen LogP contribution is -2.10. The van der Waals surface area contributed by atoms with Gasteiger partial charge in [-0.15, -0.1) is 10.2 Å². The summed E-state index contributed by atoms with van der Waals surface area (Å²) < 4.78 is 7.92. The monoisotopic (exact) mass is 373 g/mol. The molecule has 3 aromatic rings. The van der Waals surface area contributed by atoms with Gasteiger partial charge < -0.3 is 9.30 Å². The summed E-state index contributed by atoms with van der Waals surface area (Å²) in [6.45, 7) is 4.06. The summed E-state index contributed by atoms with van der Waals surface area (Å²) in [5.41, 5.74) is 2.54. The van der Waals surface area contributed by atoms with Gasteiger partial charge in [0.1, 0.15) is 5.75 Å². The van der Waals surface area contributed by atoms with E-state index in [9.17, 15) is 0 Å². The summed E-state index contributed by atoms with van der Waals surface area (Å²) in [6.07, 6.45) is -0.218. The van der Waals surface area contributed by atoms with Gasteiger partial charge in [-0.1, -0.05) is 59.3 Å². The van der Waals surface area contributed by atoms with Crippen molar-refractivity contribution in [2.75, 3.05) is 0 Å². The number of rotatable bonds is 6. The molecule has 0 amide bonds. The van der Waals surface area contributed by atoms with Crippen molar-refractivity contribution in [3.8, 4) is 5.75 Å². The van der Waals surface area contributed by atoms with E-state index < -0.39 is 0 Å². The molecule has 6 heteroatoms. The quantitative estimate of drug-likeness (QED) is 0.556. The van der Waals surface area contributed by atoms with Crippen LogP contribution in [-0.4, -0.2) is 14.8 Å². The van der Waals surface area contributed by atoms with Crippen LogP contribution in [0.15, 0.2) is 53.7 Å². The largest absolute Gasteiger partial charge is 0.483 e. The molecule has 25 heavy (non-hydrogen) atoms. The maximum Gasteiger partial charge on any atom is 0.191 e. The molecule has 0 aliphatic heterocycles. The summed E-state index contributed by atoms with van der Waals surface area (Å²) >= 11 is 7.67. The molecule has 0 aliphatic carbocycles. The van der Waals surface area contributed by atoms with Crippen LogP contribution in [0.3, 0.4) is 0 Å². The highest BCUT2D eigenvalue weighted by Crippen LogP contribution is 2.26. The number of aryl methyl sites for hydroxylation is 1. The molecule has 1 atom stereocenters. The Bertz CT molecular complexity index is 865. The molecule has 0 N–H and O–H groups in total. The van der Waals surface area contributed by atoms with Crippen LogP contribution in [0.1, 0.15) is 30.0 Å². The van der Waals surface area contributed by atoms with Gasteiger partial charge in [0.05, 0.1) is 0 Å². The second-order valence-corrected chi connectivity index (χ2v) is 7.27. The molecule has 1 aromatic heterocycles. The van der Waals surface area contributed by atoms with Gasteiger partial charge in [-0.2, -0.15) is 0 Å². The molecule has 0 saturated heterocycles. The van der Waals surface area contributed by atoms with E-state index in [1.165, 1.54) is 11.1 Å². The smallest absolute Gasteiger partial charge is 0.191 e. The van der Waals surface area contributed by atoms with Crippen molar-refractivity contribution in [2.45, 2.75) is 30.9 Å². The Morgan fingerprint density at radius 2 is 1.96 bits per heavy atom. The van der Waals surface area contributed by atoms with Crippen molar-refractivity contribution < 1.29 is 4.74 Å². The first-order valence-corrected chi connectivity index (χ1v) is 9.39. The molecular formula is C19H20ClN3OS. The second-order valence-electron chi connectivity index (χ2n) is 5.89. The predicted molar refractivity (Wildman–Crippen MR) is 102 cm³/mol. The summed E-state index contributed by atoms with van der Waals surface area (Å²) in [4.78, 5) is 0. The van der Waals surface area contributed by atoms with E-state index >= 15 is 0 Å². The molecule has 130 valence electrons. The van der Waals surface area contributed by atoms with Crippen LogP contribution in [0, 0.1) is 6.92 Å². The van der Waals surface area contributed by atoms with Crippen molar-refractivity contribution in [2.24, 2.45) is 7.05 Å². The molecule has 0 spiro atoms. The molecule has 0 fully saturated rings. The maximum atomic E-state index is 6.00. The van der Waals surface area contributed by atoms with Crippen molar-refractivity contribution in [3.63, 3.8) is 0 Å². The normalized spacial score (nSPS) is 12.2. The van der Waals surface area contributed by atoms with E-state index in [0.29, 0.717) is 5.02 Å². The van der Waals surface area contributed by atoms with Crippen molar-refractivity contribution in [3.05, 3.63) is 70.5 Å². The number of halogens is 1. The Morgan fingerprint density at radius 3 is 2.72 bits per heavy atom. The third-order valence-corrected chi connectivity index (χ3v) is 5.12. The average molecular weight is 374 g/mol. The zero-order valence-corrected chi connectivity index (χ0v) is 16.0. The Morgan fingerprint density at radius 1 is 1.16 bits per heavy atom. The fourth-order valence-corrected chi connectivity index (χ4v) is 3.59. The highest BCUT2D eigenvalue weighted by molar-refractivity contribution is 7.98. The highest BCUT2D eigenvalue weighted by Gasteiger charge is 2.17. The van der Waals surface area contributed by atoms with E-state index in [1.54, 1.807) is 17.8 Å². The zero-order chi connectivity index (χ0) is 17.8. The molecule has 1 unspecified atom stereocenters. The van der Waals surface area contributed by atoms with Crippen LogP contribution >= 0.6 is 23.4 Å². The van der Waals surface area contributed by atoms with Crippen LogP contribution in [0.5, 0.6) is 5.75 Å². The first kappa shape index (κ1) is 17.8. The molecule has 0 bridgehead atoms. The lowest BCUT2D eigenvalue weighted by atomic mass is 10.2. The number of nitrogens with zero attached hydrogens (tertiary/aromatic N) is 3. The van der Waals surface area contributed by atoms with E-state index in [-0.39, 0.29) is 6.10 Å². The van der Waals surface area contributed by atoms with E-state index in [0.717, 1.165) is 22.5 Å². The maximum absolute atomic E-state index is 6.00. The van der Waals surface area contributed by atoms with Gasteiger partial charge in [0, 0.05) is 17.8 Å². The fourth-order valence-electron chi connectivity index (χ4n) is 2.55. The van der Waals surface area contributed by atoms with Crippen LogP contribution in [-0.2, 0) is 12.8 Å². The summed E-state index contributed by atoms with van der Waals surface area (Å²) in [7, 11) is 1.96. The first-order chi connectivity index (χ1) is 12.0. The predicted octanol–water partition coefficient (Wildman–Crippen LogP) is 5.21. The molecule has 3 rings (SSSR count). The van der Waals surface area contributed by atoms with Gasteiger partial charge in [-0.25, -0.2) is 0 Å². The van der Waals surface area contributed by atoms with E-state index in [1.807, 2.05) is 36.7 Å². The second kappa shape index (κ2) is 7.93. The van der Waals surface area contributed by atoms with Crippen LogP contribution in [0.2, 0.25) is 5.02 Å². The van der Waals surface area contributed by atoms with Gasteiger partial charge in [0.2, 0.25) is 0 Å². The van der Waals surface area contributed by atoms with Crippen molar-refractivity contribution in [1.82, 2.24) is 14.8 Å². The molecule has 2 aromatic carbocycles. The standard InChI is InChI=1S/C19H20ClN3OS/c1-13-6-4-7-15(10-13)12-25-19-22-21-18(23(19)3)14(2)24-17-9-5-8-16(20)11-17/h4-11,14H,12H2,1-3H3. The minimum atomic E-state index is -0.218. The fraction of sp³-hybridized carbons (Fsp3) is 0.263. The first-order valence-electron chi connectivity index (χ1n) is 8.03. The highest BCUT2D eigenvalue weighted by atomic mass is 35.5. The Hall–Kier alpha value is -1.98. The van der Waals surface area contributed by atoms with Gasteiger partial charge in [0.15, 0.2) is 17.1 Å². The van der Waals surface area contributed by atoms with Gasteiger partial charge >= 0.3 is 0 Å². The third-order valence-electron chi connectivity index (χ3n) is 3.79. The number of ether oxygens (including phenoxy) is 1. The molecule has 1 heterocycles. The van der Waals surface area contributed by atoms with Crippen LogP contribution in [0.25, 0.3) is 0 Å². The Kier molecular flexibility index (Phi) is 5.66. The van der Waals surface area contributed by atoms with Crippen molar-refractivity contribution in [1.29, 1.82) is 0 Å². The minimum Gasteiger partial charge on any atom is -0.483 e. The summed E-state index contributed by atoms with van der Waals surface area (Å²) in [5.74, 6) is 2.36. The Labute approximate surface area is 157 Å². The number of benzene rings is 2. The van der Waals surface area contributed by atoms with Gasteiger partial charge in [-0.05, 0) is 37.6 Å². The summed E-state index contributed by atoms with van der Waals surface area (Å²) in [6, 6.07) is 15.9. The lowest BCUT2D eigenvalue weighted by Gasteiger charge is -2.14. The number of thioether (sulfide) groups is 1. The summed E-state index contributed by atoms with van der Waals surface area (Å²) in [5, 5.41) is 10.1. The third kappa shape index (κ3) is 4.55. The van der Waals surface area contributed by atoms with Crippen molar-refractivity contribution >= 4 is 23.4 Å².